The smallest absolute Gasteiger partial charge is 0.182 e. The molecule has 0 atom stereocenters. The van der Waals surface area contributed by atoms with Crippen LogP contribution in [0.5, 0.6) is 0 Å². The number of hydrogen-bond donors (Lipinski definition) is 0. The van der Waals surface area contributed by atoms with Gasteiger partial charge in [0, 0.05) is 117 Å². The van der Waals surface area contributed by atoms with Crippen LogP contribution in [-0.2, 0) is 0 Å². The van der Waals surface area contributed by atoms with Gasteiger partial charge in [0.15, 0.2) is 24.2 Å². The molecule has 0 amide bonds. The minimum absolute atomic E-state index is 1.18. The van der Waals surface area contributed by atoms with Gasteiger partial charge in [-0.1, -0.05) is 485 Å². The quantitative estimate of drug-likeness (QED) is 0.0671. The van der Waals surface area contributed by atoms with Crippen LogP contribution in [0.25, 0.3) is 162 Å². The Balaban J connectivity index is 0.000000110. The number of aromatic nitrogens is 1. The van der Waals surface area contributed by atoms with Crippen molar-refractivity contribution in [2.45, 2.75) is 0 Å². The van der Waals surface area contributed by atoms with Crippen molar-refractivity contribution < 1.29 is 0 Å². The Morgan fingerprint density at radius 1 is 0.142 bits per heavy atom. The number of benzene rings is 22. The number of nitrogens with zero attached hydrogens (tertiary/aromatic N) is 1. The van der Waals surface area contributed by atoms with Crippen molar-refractivity contribution in [3.63, 3.8) is 0 Å². The van der Waals surface area contributed by atoms with Crippen molar-refractivity contribution in [2.24, 2.45) is 0 Å². The van der Waals surface area contributed by atoms with Crippen molar-refractivity contribution in [2.75, 3.05) is 0 Å². The van der Waals surface area contributed by atoms with Gasteiger partial charge < -0.3 is 4.57 Å². The zero-order valence-corrected chi connectivity index (χ0v) is 84.0. The maximum absolute atomic E-state index is 2.85. The lowest BCUT2D eigenvalue weighted by atomic mass is 10.0. The van der Waals surface area contributed by atoms with E-state index in [-0.39, 0.29) is 0 Å². The van der Waals surface area contributed by atoms with Gasteiger partial charge in [0.25, 0.3) is 0 Å². The van der Waals surface area contributed by atoms with Crippen molar-refractivity contribution >= 4 is 266 Å². The van der Waals surface area contributed by atoms with Crippen LogP contribution in [-0.4, -0.2) is 28.8 Å². The molecular weight excluding hydrogens is 1840 g/mol. The summed E-state index contributed by atoms with van der Waals surface area (Å²) in [5, 5.41) is 32.7. The lowest BCUT2D eigenvalue weighted by Gasteiger charge is -2.35. The van der Waals surface area contributed by atoms with Gasteiger partial charge in [0.1, 0.15) is 0 Å². The monoisotopic (exact) mass is 1930 g/mol. The van der Waals surface area contributed by atoms with Crippen LogP contribution >= 0.6 is 56.7 Å². The summed E-state index contributed by atoms with van der Waals surface area (Å²) >= 11 is 9.59. The Hall–Kier alpha value is -15.6. The Morgan fingerprint density at radius 2 is 0.355 bits per heavy atom. The standard InChI is InChI=1S/C48H33NSSi.C48H32S2Si.C36H24S2Si/c1-3-18-36(19-4-1)51(37-20-5-2-6-21-37,38-22-13-16-34(32-38)40-27-15-28-44-43-26-9-12-31-47(43)50-48(40)44)39-23-14-17-35(33-39)49-45-29-10-7-24-41(45)42-25-8-11-30-46(42)49;1-3-17-35(18-4-1)51(36-19-5-2-6-20-36,37-21-11-15-33(31-37)39-25-13-27-43-41-23-7-9-29-45(41)49-47(39)43)38-22-12-16-34(32-38)40-26-14-28-44-42-24-8-10-30-46(42)50-48(40)44;1-3-13-25(14-4-1)39(26-15-5-2-6-16-26,33-23-11-19-29-27-17-7-9-21-31(27)37-35(29)33)34-24-12-20-30-28-18-8-10-22-32(28)38-36(30)34/h1-33H;1-32H;1-24H. The molecule has 0 fully saturated rings. The molecule has 6 aromatic heterocycles. The summed E-state index contributed by atoms with van der Waals surface area (Å²) in [6.45, 7) is 0. The van der Waals surface area contributed by atoms with E-state index in [0.717, 1.165) is 0 Å². The first kappa shape index (κ1) is 85.8. The topological polar surface area (TPSA) is 4.93 Å². The van der Waals surface area contributed by atoms with Gasteiger partial charge in [-0.15, -0.1) is 56.7 Å². The molecule has 0 aliphatic rings. The molecule has 0 radical (unpaired) electrons. The molecule has 1 nitrogen and oxygen atoms in total. The van der Waals surface area contributed by atoms with E-state index in [1.807, 2.05) is 56.7 Å². The number of fused-ring (bicyclic) bond motifs is 18. The maximum atomic E-state index is 2.50. The maximum Gasteiger partial charge on any atom is 0.182 e. The summed E-state index contributed by atoms with van der Waals surface area (Å²) < 4.78 is 16.0. The fourth-order valence-electron chi connectivity index (χ4n) is 22.9. The highest BCUT2D eigenvalue weighted by molar-refractivity contribution is 7.34. The Morgan fingerprint density at radius 3 is 0.660 bits per heavy atom. The van der Waals surface area contributed by atoms with Gasteiger partial charge in [0.05, 0.1) is 11.0 Å². The van der Waals surface area contributed by atoms with E-state index in [2.05, 4.69) is 544 Å². The van der Waals surface area contributed by atoms with Crippen LogP contribution in [0.2, 0.25) is 0 Å². The van der Waals surface area contributed by atoms with Crippen LogP contribution in [0.1, 0.15) is 0 Å². The summed E-state index contributed by atoms with van der Waals surface area (Å²) in [5.41, 5.74) is 11.3. The van der Waals surface area contributed by atoms with Gasteiger partial charge in [-0.2, -0.15) is 0 Å². The number of rotatable bonds is 16. The molecule has 0 bridgehead atoms. The van der Waals surface area contributed by atoms with E-state index in [1.54, 1.807) is 0 Å². The Kier molecular flexibility index (Phi) is 22.1. The third-order valence-corrected chi connectivity index (χ3v) is 49.8. The summed E-state index contributed by atoms with van der Waals surface area (Å²) in [4.78, 5) is 0. The Bertz CT molecular complexity index is 9140. The van der Waals surface area contributed by atoms with Gasteiger partial charge >= 0.3 is 0 Å². The van der Waals surface area contributed by atoms with Gasteiger partial charge in [-0.25, -0.2) is 0 Å². The second kappa shape index (κ2) is 36.3. The molecule has 6 heterocycles. The molecule has 28 rings (SSSR count). The molecule has 664 valence electrons. The highest BCUT2D eigenvalue weighted by atomic mass is 32.1. The minimum atomic E-state index is -2.85. The molecule has 0 saturated heterocycles. The molecule has 0 aliphatic heterocycles. The van der Waals surface area contributed by atoms with Crippen molar-refractivity contribution in [1.29, 1.82) is 0 Å². The van der Waals surface area contributed by atoms with E-state index in [9.17, 15) is 0 Å². The first-order chi connectivity index (χ1) is 69.9. The minimum Gasteiger partial charge on any atom is -0.309 e. The molecule has 0 saturated carbocycles. The van der Waals surface area contributed by atoms with E-state index in [1.165, 1.54) is 224 Å². The molecule has 22 aromatic carbocycles. The van der Waals surface area contributed by atoms with Crippen LogP contribution in [0.15, 0.2) is 540 Å². The van der Waals surface area contributed by atoms with Gasteiger partial charge in [-0.05, 0) is 150 Å². The van der Waals surface area contributed by atoms with E-state index >= 15 is 0 Å². The lowest BCUT2D eigenvalue weighted by Crippen LogP contribution is -2.74. The highest BCUT2D eigenvalue weighted by Gasteiger charge is 2.47. The predicted molar refractivity (Wildman–Crippen MR) is 625 cm³/mol. The highest BCUT2D eigenvalue weighted by Crippen LogP contribution is 2.45. The van der Waals surface area contributed by atoms with E-state index < -0.39 is 24.2 Å². The average molecular weight is 1930 g/mol. The molecular formula is C132H89NS5Si3. The molecule has 0 N–H and O–H groups in total. The van der Waals surface area contributed by atoms with E-state index in [4.69, 9.17) is 0 Å². The fourth-order valence-corrected chi connectivity index (χ4v) is 44.6. The normalized spacial score (nSPS) is 12.0. The summed E-state index contributed by atoms with van der Waals surface area (Å²) in [6, 6.07) is 202. The molecule has 0 unspecified atom stereocenters. The number of thiophene rings is 5. The average Bonchev–Trinajstić information content (AvgIpc) is 1.60. The molecule has 28 aromatic rings. The van der Waals surface area contributed by atoms with Crippen LogP contribution in [0.4, 0.5) is 0 Å². The summed E-state index contributed by atoms with van der Waals surface area (Å²) in [5.74, 6) is 0. The third-order valence-electron chi connectivity index (χ3n) is 29.0. The van der Waals surface area contributed by atoms with Crippen LogP contribution in [0, 0.1) is 0 Å². The van der Waals surface area contributed by atoms with Crippen molar-refractivity contribution in [3.8, 4) is 39.1 Å². The first-order valence-corrected chi connectivity index (χ1v) is 58.3. The molecule has 9 heteroatoms. The zero-order chi connectivity index (χ0) is 93.4. The molecule has 0 aliphatic carbocycles. The summed E-state index contributed by atoms with van der Waals surface area (Å²) in [7, 11) is -8.41. The van der Waals surface area contributed by atoms with Gasteiger partial charge in [-0.3, -0.25) is 0 Å². The lowest BCUT2D eigenvalue weighted by molar-refractivity contribution is 1.18. The second-order valence-corrected chi connectivity index (χ2v) is 53.1. The van der Waals surface area contributed by atoms with Crippen LogP contribution in [0.3, 0.4) is 0 Å². The SMILES string of the molecule is c1ccc([Si](c2ccccc2)(c2cccc(-c3cccc4c3sc3ccccc34)c2)c2cccc(-c3cccc4c3sc3ccccc34)c2)cc1.c1ccc([Si](c2ccccc2)(c2cccc(-c3cccc4c3sc3ccccc34)c2)c2cccc(-n3c4ccccc4c4ccccc43)c2)cc1.c1ccc([Si](c2ccccc2)(c2cccc3c2sc2ccccc23)c2cccc3c2sc2ccccc23)cc1. The predicted octanol–water partition coefficient (Wildman–Crippen LogP) is 29.1. The van der Waals surface area contributed by atoms with Gasteiger partial charge in [0.2, 0.25) is 0 Å². The van der Waals surface area contributed by atoms with Crippen LogP contribution < -0.4 is 62.2 Å². The third kappa shape index (κ3) is 14.4. The number of hydrogen-bond acceptors (Lipinski definition) is 5. The van der Waals surface area contributed by atoms with Crippen molar-refractivity contribution in [1.82, 2.24) is 4.57 Å². The zero-order valence-electron chi connectivity index (χ0n) is 76.9. The molecule has 0 spiro atoms. The largest absolute Gasteiger partial charge is 0.309 e. The summed E-state index contributed by atoms with van der Waals surface area (Å²) in [6.07, 6.45) is 0. The Labute approximate surface area is 841 Å². The molecule has 141 heavy (non-hydrogen) atoms. The first-order valence-electron chi connectivity index (χ1n) is 48.2. The fraction of sp³-hybridized carbons (Fsp3) is 0. The van der Waals surface area contributed by atoms with Crippen molar-refractivity contribution in [3.05, 3.63) is 540 Å². The second-order valence-electron chi connectivity index (χ2n) is 36.5. The van der Waals surface area contributed by atoms with E-state index in [0.29, 0.717) is 0 Å². The number of para-hydroxylation sites is 2.